The normalized spacial score (nSPS) is 21.0. The van der Waals surface area contributed by atoms with Gasteiger partial charge in [0.15, 0.2) is 0 Å². The van der Waals surface area contributed by atoms with Crippen molar-refractivity contribution < 1.29 is 8.42 Å². The first-order chi connectivity index (χ1) is 9.82. The minimum Gasteiger partial charge on any atom is -0.389 e. The third-order valence-corrected chi connectivity index (χ3v) is 6.19. The summed E-state index contributed by atoms with van der Waals surface area (Å²) in [6.07, 6.45) is 2.93. The molecule has 0 bridgehead atoms. The maximum Gasteiger partial charge on any atom is 0.243 e. The molecule has 1 unspecified atom stereocenters. The summed E-state index contributed by atoms with van der Waals surface area (Å²) in [7, 11) is -3.42. The summed E-state index contributed by atoms with van der Waals surface area (Å²) in [4.78, 5) is 0.620. The number of aryl methyl sites for hydroxylation is 1. The highest BCUT2D eigenvalue weighted by Crippen LogP contribution is 2.24. The van der Waals surface area contributed by atoms with Crippen LogP contribution in [0.4, 0.5) is 0 Å². The summed E-state index contributed by atoms with van der Waals surface area (Å²) in [5.41, 5.74) is 7.15. The van der Waals surface area contributed by atoms with Crippen LogP contribution < -0.4 is 5.73 Å². The average Bonchev–Trinajstić information content (AvgIpc) is 2.63. The maximum absolute atomic E-state index is 12.7. The molecule has 0 aliphatic carbocycles. The van der Waals surface area contributed by atoms with E-state index < -0.39 is 10.0 Å². The van der Waals surface area contributed by atoms with Crippen LogP contribution in [0.3, 0.4) is 0 Å². The zero-order chi connectivity index (χ0) is 15.6. The first-order valence-electron chi connectivity index (χ1n) is 7.23. The van der Waals surface area contributed by atoms with Crippen LogP contribution in [-0.2, 0) is 10.0 Å². The molecule has 0 radical (unpaired) electrons. The third-order valence-electron chi connectivity index (χ3n) is 4.08. The second-order valence-electron chi connectivity index (χ2n) is 5.78. The molecule has 1 saturated heterocycles. The summed E-state index contributed by atoms with van der Waals surface area (Å²) >= 11 is 4.96. The maximum atomic E-state index is 12.7. The molecule has 2 rings (SSSR count). The van der Waals surface area contributed by atoms with E-state index in [-0.39, 0.29) is 0 Å². The summed E-state index contributed by atoms with van der Waals surface area (Å²) in [5, 5.41) is 0. The Balaban J connectivity index is 2.31. The summed E-state index contributed by atoms with van der Waals surface area (Å²) in [5.74, 6) is 0.587. The average molecular weight is 326 g/mol. The molecule has 1 aliphatic rings. The molecule has 1 heterocycles. The van der Waals surface area contributed by atoms with Crippen molar-refractivity contribution in [2.75, 3.05) is 13.1 Å². The second kappa shape index (κ2) is 6.42. The van der Waals surface area contributed by atoms with E-state index in [1.54, 1.807) is 22.5 Å². The number of thiocarbonyl (C=S) groups is 1. The first-order valence-corrected chi connectivity index (χ1v) is 9.08. The van der Waals surface area contributed by atoms with Crippen molar-refractivity contribution in [3.05, 3.63) is 29.3 Å². The van der Waals surface area contributed by atoms with Gasteiger partial charge >= 0.3 is 0 Å². The fraction of sp³-hybridized carbons (Fsp3) is 0.533. The lowest BCUT2D eigenvalue weighted by atomic mass is 10.0. The predicted octanol–water partition coefficient (Wildman–Crippen LogP) is 2.44. The first kappa shape index (κ1) is 16.4. The van der Waals surface area contributed by atoms with Crippen LogP contribution in [0.1, 0.15) is 37.3 Å². The van der Waals surface area contributed by atoms with Crippen LogP contribution >= 0.6 is 12.2 Å². The highest BCUT2D eigenvalue weighted by Gasteiger charge is 2.26. The molecule has 116 valence electrons. The van der Waals surface area contributed by atoms with Crippen molar-refractivity contribution in [3.8, 4) is 0 Å². The quantitative estimate of drug-likeness (QED) is 0.867. The number of nitrogens with two attached hydrogens (primary N) is 1. The molecule has 1 aliphatic heterocycles. The van der Waals surface area contributed by atoms with Crippen molar-refractivity contribution >= 4 is 27.2 Å². The minimum atomic E-state index is -3.42. The van der Waals surface area contributed by atoms with Gasteiger partial charge in [-0.2, -0.15) is 4.31 Å². The van der Waals surface area contributed by atoms with Crippen molar-refractivity contribution in [1.29, 1.82) is 0 Å². The molecule has 21 heavy (non-hydrogen) atoms. The van der Waals surface area contributed by atoms with Gasteiger partial charge in [-0.15, -0.1) is 0 Å². The number of nitrogens with zero attached hydrogens (tertiary/aromatic N) is 1. The molecule has 0 spiro atoms. The van der Waals surface area contributed by atoms with E-state index in [0.29, 0.717) is 28.9 Å². The molecule has 1 fully saturated rings. The molecule has 1 aromatic rings. The molecule has 0 amide bonds. The second-order valence-corrected chi connectivity index (χ2v) is 8.16. The van der Waals surface area contributed by atoms with E-state index in [2.05, 4.69) is 6.92 Å². The SMILES string of the molecule is Cc1cc(S(=O)(=O)N2CCCC(C)CC2)ccc1C(N)=S. The molecule has 2 N–H and O–H groups in total. The van der Waals surface area contributed by atoms with Crippen LogP contribution in [0.2, 0.25) is 0 Å². The van der Waals surface area contributed by atoms with Gasteiger partial charge in [0.05, 0.1) is 4.90 Å². The van der Waals surface area contributed by atoms with Crippen molar-refractivity contribution in [1.82, 2.24) is 4.31 Å². The molecule has 0 aromatic heterocycles. The Labute approximate surface area is 132 Å². The zero-order valence-corrected chi connectivity index (χ0v) is 14.1. The van der Waals surface area contributed by atoms with E-state index in [0.717, 1.165) is 30.4 Å². The van der Waals surface area contributed by atoms with Gasteiger partial charge in [-0.1, -0.05) is 25.2 Å². The van der Waals surface area contributed by atoms with E-state index in [1.165, 1.54) is 0 Å². The molecular weight excluding hydrogens is 304 g/mol. The monoisotopic (exact) mass is 326 g/mol. The van der Waals surface area contributed by atoms with Crippen LogP contribution in [0.15, 0.2) is 23.1 Å². The fourth-order valence-corrected chi connectivity index (χ4v) is 4.51. The number of sulfonamides is 1. The molecule has 1 aromatic carbocycles. The highest BCUT2D eigenvalue weighted by atomic mass is 32.2. The summed E-state index contributed by atoms with van der Waals surface area (Å²) in [6, 6.07) is 4.97. The van der Waals surface area contributed by atoms with E-state index in [9.17, 15) is 8.42 Å². The van der Waals surface area contributed by atoms with Gasteiger partial charge in [-0.3, -0.25) is 0 Å². The van der Waals surface area contributed by atoms with Crippen molar-refractivity contribution in [3.63, 3.8) is 0 Å². The van der Waals surface area contributed by atoms with E-state index in [1.807, 2.05) is 6.92 Å². The molecular formula is C15H22N2O2S2. The Morgan fingerprint density at radius 1 is 1.33 bits per heavy atom. The van der Waals surface area contributed by atoms with E-state index in [4.69, 9.17) is 18.0 Å². The fourth-order valence-electron chi connectivity index (χ4n) is 2.70. The van der Waals surface area contributed by atoms with Crippen molar-refractivity contribution in [2.45, 2.75) is 38.0 Å². The van der Waals surface area contributed by atoms with Crippen LogP contribution in [-0.4, -0.2) is 30.8 Å². The smallest absolute Gasteiger partial charge is 0.243 e. The minimum absolute atomic E-state index is 0.292. The molecule has 0 saturated carbocycles. The van der Waals surface area contributed by atoms with Gasteiger partial charge in [0.2, 0.25) is 10.0 Å². The van der Waals surface area contributed by atoms with Gasteiger partial charge < -0.3 is 5.73 Å². The van der Waals surface area contributed by atoms with Gasteiger partial charge in [0, 0.05) is 18.7 Å². The van der Waals surface area contributed by atoms with Crippen LogP contribution in [0.25, 0.3) is 0 Å². The highest BCUT2D eigenvalue weighted by molar-refractivity contribution is 7.89. The van der Waals surface area contributed by atoms with Crippen molar-refractivity contribution in [2.24, 2.45) is 11.7 Å². The Hall–Kier alpha value is -0.980. The number of rotatable bonds is 3. The third kappa shape index (κ3) is 3.62. The van der Waals surface area contributed by atoms with E-state index >= 15 is 0 Å². The topological polar surface area (TPSA) is 63.4 Å². The Kier molecular flexibility index (Phi) is 5.01. The number of hydrogen-bond donors (Lipinski definition) is 1. The predicted molar refractivity (Wildman–Crippen MR) is 88.8 cm³/mol. The van der Waals surface area contributed by atoms with Gasteiger partial charge in [-0.05, 0) is 49.8 Å². The standard InChI is InChI=1S/C15H22N2O2S2/c1-11-4-3-8-17(9-7-11)21(18,19)13-5-6-14(15(16)20)12(2)10-13/h5-6,10-11H,3-4,7-9H2,1-2H3,(H2,16,20). The Bertz CT molecular complexity index is 641. The molecule has 6 heteroatoms. The van der Waals surface area contributed by atoms with Gasteiger partial charge in [0.1, 0.15) is 4.99 Å². The molecule has 1 atom stereocenters. The van der Waals surface area contributed by atoms with Crippen LogP contribution in [0.5, 0.6) is 0 Å². The number of benzene rings is 1. The Morgan fingerprint density at radius 3 is 2.67 bits per heavy atom. The van der Waals surface area contributed by atoms with Gasteiger partial charge in [-0.25, -0.2) is 8.42 Å². The largest absolute Gasteiger partial charge is 0.389 e. The molecule has 4 nitrogen and oxygen atoms in total. The zero-order valence-electron chi connectivity index (χ0n) is 12.5. The lowest BCUT2D eigenvalue weighted by Crippen LogP contribution is -2.32. The lowest BCUT2D eigenvalue weighted by molar-refractivity contribution is 0.416. The number of hydrogen-bond acceptors (Lipinski definition) is 3. The van der Waals surface area contributed by atoms with Crippen LogP contribution in [0, 0.1) is 12.8 Å². The lowest BCUT2D eigenvalue weighted by Gasteiger charge is -2.20. The summed E-state index contributed by atoms with van der Waals surface area (Å²) in [6.45, 7) is 5.21. The summed E-state index contributed by atoms with van der Waals surface area (Å²) < 4.78 is 27.1. The Morgan fingerprint density at radius 2 is 2.05 bits per heavy atom. The van der Waals surface area contributed by atoms with Gasteiger partial charge in [0.25, 0.3) is 0 Å².